The van der Waals surface area contributed by atoms with Crippen LogP contribution in [0.2, 0.25) is 0 Å². The average molecular weight is 283 g/mol. The molecule has 5 heteroatoms. The predicted octanol–water partition coefficient (Wildman–Crippen LogP) is 1.86. The summed E-state index contributed by atoms with van der Waals surface area (Å²) in [5.41, 5.74) is -0.576. The maximum absolute atomic E-state index is 11.4. The summed E-state index contributed by atoms with van der Waals surface area (Å²) in [5.74, 6) is -0.973. The van der Waals surface area contributed by atoms with Crippen LogP contribution in [0.4, 0.5) is 0 Å². The summed E-state index contributed by atoms with van der Waals surface area (Å²) >= 11 is 0. The Hall–Kier alpha value is -0.650. The first-order chi connectivity index (χ1) is 9.53. The van der Waals surface area contributed by atoms with Crippen molar-refractivity contribution in [1.82, 2.24) is 4.90 Å². The van der Waals surface area contributed by atoms with Crippen LogP contribution in [-0.2, 0) is 14.3 Å². The van der Waals surface area contributed by atoms with Gasteiger partial charge in [0.2, 0.25) is 0 Å². The summed E-state index contributed by atoms with van der Waals surface area (Å²) in [6.45, 7) is 5.02. The molecule has 3 rings (SSSR count). The molecule has 2 saturated heterocycles. The maximum Gasteiger partial charge on any atom is 0.310 e. The Morgan fingerprint density at radius 3 is 2.45 bits per heavy atom. The Balaban J connectivity index is 1.59. The minimum atomic E-state index is -0.656. The number of hydrogen-bond donors (Lipinski definition) is 1. The third-order valence-electron chi connectivity index (χ3n) is 5.29. The van der Waals surface area contributed by atoms with Crippen molar-refractivity contribution in [3.8, 4) is 0 Å². The van der Waals surface area contributed by atoms with E-state index in [1.165, 1.54) is 0 Å². The highest BCUT2D eigenvalue weighted by Crippen LogP contribution is 2.39. The number of piperidine rings is 1. The van der Waals surface area contributed by atoms with Crippen molar-refractivity contribution in [1.29, 1.82) is 0 Å². The van der Waals surface area contributed by atoms with Crippen LogP contribution in [0.15, 0.2) is 0 Å². The maximum atomic E-state index is 11.4. The largest absolute Gasteiger partial charge is 0.481 e. The molecular weight excluding hydrogens is 258 g/mol. The van der Waals surface area contributed by atoms with Gasteiger partial charge in [0.1, 0.15) is 0 Å². The smallest absolute Gasteiger partial charge is 0.310 e. The van der Waals surface area contributed by atoms with Crippen molar-refractivity contribution in [2.45, 2.75) is 57.3 Å². The fraction of sp³-hybridized carbons (Fsp3) is 0.933. The SMILES string of the molecule is CC1(C(=O)O)CCCN(C2CCC3(CC2)OCCO3)C1. The Bertz CT molecular complexity index is 370. The van der Waals surface area contributed by atoms with Crippen LogP contribution in [0.5, 0.6) is 0 Å². The lowest BCUT2D eigenvalue weighted by atomic mass is 9.79. The van der Waals surface area contributed by atoms with Crippen LogP contribution < -0.4 is 0 Å². The molecule has 1 aliphatic carbocycles. The third kappa shape index (κ3) is 2.59. The lowest BCUT2D eigenvalue weighted by Crippen LogP contribution is -2.52. The average Bonchev–Trinajstić information content (AvgIpc) is 2.88. The highest BCUT2D eigenvalue weighted by Gasteiger charge is 2.44. The van der Waals surface area contributed by atoms with Crippen LogP contribution in [-0.4, -0.2) is 54.1 Å². The van der Waals surface area contributed by atoms with Crippen LogP contribution in [0.1, 0.15) is 45.4 Å². The molecule has 1 saturated carbocycles. The molecule has 20 heavy (non-hydrogen) atoms. The number of carbonyl (C=O) groups is 1. The van der Waals surface area contributed by atoms with Crippen molar-refractivity contribution in [3.63, 3.8) is 0 Å². The Kier molecular flexibility index (Phi) is 3.77. The highest BCUT2D eigenvalue weighted by molar-refractivity contribution is 5.74. The zero-order valence-electron chi connectivity index (χ0n) is 12.3. The molecule has 1 unspecified atom stereocenters. The van der Waals surface area contributed by atoms with Gasteiger partial charge in [0.05, 0.1) is 18.6 Å². The van der Waals surface area contributed by atoms with Gasteiger partial charge in [0, 0.05) is 25.4 Å². The van der Waals surface area contributed by atoms with Crippen LogP contribution in [0, 0.1) is 5.41 Å². The minimum Gasteiger partial charge on any atom is -0.481 e. The first kappa shape index (κ1) is 14.3. The fourth-order valence-electron chi connectivity index (χ4n) is 3.96. The Labute approximate surface area is 120 Å². The second-order valence-electron chi connectivity index (χ2n) is 6.78. The normalized spacial score (nSPS) is 35.5. The summed E-state index contributed by atoms with van der Waals surface area (Å²) in [4.78, 5) is 13.8. The molecule has 2 aliphatic heterocycles. The van der Waals surface area contributed by atoms with E-state index in [-0.39, 0.29) is 5.79 Å². The van der Waals surface area contributed by atoms with Gasteiger partial charge < -0.3 is 14.6 Å². The molecule has 3 aliphatic rings. The van der Waals surface area contributed by atoms with Gasteiger partial charge in [-0.25, -0.2) is 0 Å². The molecule has 0 bridgehead atoms. The minimum absolute atomic E-state index is 0.317. The Morgan fingerprint density at radius 2 is 1.85 bits per heavy atom. The van der Waals surface area contributed by atoms with Gasteiger partial charge in [-0.2, -0.15) is 0 Å². The van der Waals surface area contributed by atoms with Gasteiger partial charge in [-0.05, 0) is 39.2 Å². The summed E-state index contributed by atoms with van der Waals surface area (Å²) in [5, 5.41) is 9.41. The van der Waals surface area contributed by atoms with Crippen molar-refractivity contribution < 1.29 is 19.4 Å². The van der Waals surface area contributed by atoms with E-state index in [0.717, 1.165) is 45.1 Å². The molecular formula is C15H25NO4. The van der Waals surface area contributed by atoms with Gasteiger partial charge >= 0.3 is 5.97 Å². The van der Waals surface area contributed by atoms with Crippen LogP contribution in [0.25, 0.3) is 0 Å². The molecule has 114 valence electrons. The van der Waals surface area contributed by atoms with Gasteiger partial charge in [-0.1, -0.05) is 0 Å². The predicted molar refractivity (Wildman–Crippen MR) is 73.4 cm³/mol. The molecule has 0 radical (unpaired) electrons. The summed E-state index contributed by atoms with van der Waals surface area (Å²) in [7, 11) is 0. The van der Waals surface area contributed by atoms with E-state index in [4.69, 9.17) is 9.47 Å². The van der Waals surface area contributed by atoms with Gasteiger partial charge in [-0.15, -0.1) is 0 Å². The molecule has 1 atom stereocenters. The van der Waals surface area contributed by atoms with Crippen molar-refractivity contribution in [2.75, 3.05) is 26.3 Å². The zero-order valence-corrected chi connectivity index (χ0v) is 12.3. The van der Waals surface area contributed by atoms with E-state index in [0.29, 0.717) is 25.8 Å². The molecule has 1 spiro atoms. The number of aliphatic carboxylic acids is 1. The van der Waals surface area contributed by atoms with Gasteiger partial charge in [0.25, 0.3) is 0 Å². The van der Waals surface area contributed by atoms with Gasteiger partial charge in [-0.3, -0.25) is 9.69 Å². The quantitative estimate of drug-likeness (QED) is 0.838. The molecule has 0 amide bonds. The zero-order chi connectivity index (χ0) is 14.2. The lowest BCUT2D eigenvalue weighted by molar-refractivity contribution is -0.186. The molecule has 0 aromatic heterocycles. The number of carboxylic acid groups (broad SMARTS) is 1. The first-order valence-electron chi connectivity index (χ1n) is 7.78. The van der Waals surface area contributed by atoms with E-state index in [1.807, 2.05) is 6.92 Å². The number of rotatable bonds is 2. The number of carboxylic acids is 1. The topological polar surface area (TPSA) is 59.0 Å². The second-order valence-corrected chi connectivity index (χ2v) is 6.78. The summed E-state index contributed by atoms with van der Waals surface area (Å²) in [6, 6.07) is 0.493. The number of likely N-dealkylation sites (tertiary alicyclic amines) is 1. The van der Waals surface area contributed by atoms with Crippen LogP contribution >= 0.6 is 0 Å². The van der Waals surface area contributed by atoms with Gasteiger partial charge in [0.15, 0.2) is 5.79 Å². The Morgan fingerprint density at radius 1 is 1.20 bits per heavy atom. The van der Waals surface area contributed by atoms with Crippen molar-refractivity contribution in [2.24, 2.45) is 5.41 Å². The molecule has 3 fully saturated rings. The molecule has 0 aromatic rings. The monoisotopic (exact) mass is 283 g/mol. The second kappa shape index (κ2) is 5.28. The van der Waals surface area contributed by atoms with E-state index in [1.54, 1.807) is 0 Å². The van der Waals surface area contributed by atoms with E-state index >= 15 is 0 Å². The molecule has 2 heterocycles. The van der Waals surface area contributed by atoms with Crippen LogP contribution in [0.3, 0.4) is 0 Å². The number of nitrogens with zero attached hydrogens (tertiary/aromatic N) is 1. The highest BCUT2D eigenvalue weighted by atomic mass is 16.7. The molecule has 0 aromatic carbocycles. The first-order valence-corrected chi connectivity index (χ1v) is 7.78. The molecule has 1 N–H and O–H groups in total. The number of ether oxygens (including phenoxy) is 2. The van der Waals surface area contributed by atoms with Crippen molar-refractivity contribution in [3.05, 3.63) is 0 Å². The van der Waals surface area contributed by atoms with E-state index < -0.39 is 11.4 Å². The van der Waals surface area contributed by atoms with Crippen molar-refractivity contribution >= 4 is 5.97 Å². The standard InChI is InChI=1S/C15H25NO4/c1-14(13(17)18)5-2-8-16(11-14)12-3-6-15(7-4-12)19-9-10-20-15/h12H,2-11H2,1H3,(H,17,18). The fourth-order valence-corrected chi connectivity index (χ4v) is 3.96. The number of hydrogen-bond acceptors (Lipinski definition) is 4. The summed E-state index contributed by atoms with van der Waals surface area (Å²) in [6.07, 6.45) is 5.76. The van der Waals surface area contributed by atoms with E-state index in [2.05, 4.69) is 4.90 Å². The summed E-state index contributed by atoms with van der Waals surface area (Å²) < 4.78 is 11.5. The molecule has 5 nitrogen and oxygen atoms in total. The van der Waals surface area contributed by atoms with E-state index in [9.17, 15) is 9.90 Å². The third-order valence-corrected chi connectivity index (χ3v) is 5.29. The lowest BCUT2D eigenvalue weighted by Gasteiger charge is -2.45.